The molecule has 2 unspecified atom stereocenters. The van der Waals surface area contributed by atoms with Crippen molar-refractivity contribution >= 4 is 47.0 Å². The predicted octanol–water partition coefficient (Wildman–Crippen LogP) is 7.64. The van der Waals surface area contributed by atoms with Crippen molar-refractivity contribution < 1.29 is 0 Å². The summed E-state index contributed by atoms with van der Waals surface area (Å²) in [6.07, 6.45) is 0. The largest absolute Gasteiger partial charge is 0.156 e. The molecule has 1 saturated heterocycles. The summed E-state index contributed by atoms with van der Waals surface area (Å²) in [7, 11) is 0. The van der Waals surface area contributed by atoms with E-state index in [1.165, 1.54) is 66.2 Å². The van der Waals surface area contributed by atoms with E-state index in [4.69, 9.17) is 0 Å². The first kappa shape index (κ1) is 22.5. The highest BCUT2D eigenvalue weighted by Gasteiger charge is 2.23. The zero-order valence-corrected chi connectivity index (χ0v) is 21.2. The SMILES string of the molecule is Cc1cc(C)c(SCC2CSC(CSc3c(C)cc(C)cc3C)CS2)c(C)c1. The third kappa shape index (κ3) is 5.93. The quantitative estimate of drug-likeness (QED) is 0.416. The molecule has 0 N–H and O–H groups in total. The van der Waals surface area contributed by atoms with Gasteiger partial charge in [-0.05, 0) is 63.8 Å². The Balaban J connectivity index is 1.46. The molecule has 0 aliphatic carbocycles. The highest BCUT2D eigenvalue weighted by atomic mass is 32.2. The second-order valence-corrected chi connectivity index (χ2v) is 12.7. The van der Waals surface area contributed by atoms with Gasteiger partial charge in [0.2, 0.25) is 0 Å². The van der Waals surface area contributed by atoms with Gasteiger partial charge < -0.3 is 0 Å². The Morgan fingerprint density at radius 1 is 0.643 bits per heavy atom. The number of thioether (sulfide) groups is 4. The fourth-order valence-corrected chi connectivity index (χ4v) is 9.93. The lowest BCUT2D eigenvalue weighted by molar-refractivity contribution is 1.05. The minimum absolute atomic E-state index is 0.777. The molecule has 0 spiro atoms. The maximum Gasteiger partial charge on any atom is 0.0232 e. The lowest BCUT2D eigenvalue weighted by atomic mass is 10.1. The summed E-state index contributed by atoms with van der Waals surface area (Å²) in [6.45, 7) is 13.4. The standard InChI is InChI=1S/C24H32S4/c1-15-7-17(3)23(18(4)8-15)27-13-21-11-26-22(12-25-21)14-28-24-19(5)9-16(2)10-20(24)6/h7-10,21-22H,11-14H2,1-6H3. The van der Waals surface area contributed by atoms with E-state index in [-0.39, 0.29) is 0 Å². The first-order valence-corrected chi connectivity index (χ1v) is 14.0. The second-order valence-electron chi connectivity index (χ2n) is 7.99. The van der Waals surface area contributed by atoms with Crippen LogP contribution in [0.3, 0.4) is 0 Å². The van der Waals surface area contributed by atoms with Crippen LogP contribution >= 0.6 is 47.0 Å². The molecule has 3 rings (SSSR count). The molecule has 1 fully saturated rings. The van der Waals surface area contributed by atoms with Gasteiger partial charge >= 0.3 is 0 Å². The van der Waals surface area contributed by atoms with E-state index in [0.717, 1.165) is 10.5 Å². The molecule has 1 aliphatic rings. The van der Waals surface area contributed by atoms with Crippen LogP contribution in [0.25, 0.3) is 0 Å². The van der Waals surface area contributed by atoms with Gasteiger partial charge in [-0.15, -0.1) is 23.5 Å². The summed E-state index contributed by atoms with van der Waals surface area (Å²) in [6, 6.07) is 9.28. The molecule has 2 aromatic rings. The molecule has 0 saturated carbocycles. The second kappa shape index (κ2) is 10.2. The van der Waals surface area contributed by atoms with Crippen LogP contribution < -0.4 is 0 Å². The van der Waals surface area contributed by atoms with Gasteiger partial charge in [-0.2, -0.15) is 23.5 Å². The van der Waals surface area contributed by atoms with Crippen LogP contribution in [-0.2, 0) is 0 Å². The van der Waals surface area contributed by atoms with Gasteiger partial charge in [0, 0.05) is 43.3 Å². The van der Waals surface area contributed by atoms with Crippen LogP contribution in [0.15, 0.2) is 34.1 Å². The summed E-state index contributed by atoms with van der Waals surface area (Å²) in [5.41, 5.74) is 8.51. The molecule has 0 aromatic heterocycles. The fourth-order valence-electron chi connectivity index (χ4n) is 3.92. The van der Waals surface area contributed by atoms with Crippen LogP contribution in [0.1, 0.15) is 33.4 Å². The Morgan fingerprint density at radius 2 is 0.964 bits per heavy atom. The number of aryl methyl sites for hydroxylation is 6. The first-order chi connectivity index (χ1) is 13.3. The van der Waals surface area contributed by atoms with Crippen LogP contribution in [0, 0.1) is 41.5 Å². The van der Waals surface area contributed by atoms with Crippen molar-refractivity contribution in [2.45, 2.75) is 61.8 Å². The van der Waals surface area contributed by atoms with Gasteiger partial charge in [-0.1, -0.05) is 35.4 Å². The van der Waals surface area contributed by atoms with Gasteiger partial charge in [-0.3, -0.25) is 0 Å². The molecule has 0 bridgehead atoms. The number of benzene rings is 2. The Morgan fingerprint density at radius 3 is 1.25 bits per heavy atom. The molecule has 152 valence electrons. The van der Waals surface area contributed by atoms with Crippen molar-refractivity contribution in [3.05, 3.63) is 57.6 Å². The van der Waals surface area contributed by atoms with E-state index in [9.17, 15) is 0 Å². The Hall–Kier alpha value is -0.160. The first-order valence-electron chi connectivity index (χ1n) is 9.98. The summed E-state index contributed by atoms with van der Waals surface area (Å²) in [5.74, 6) is 5.05. The van der Waals surface area contributed by atoms with E-state index in [0.29, 0.717) is 0 Å². The molecule has 1 heterocycles. The molecule has 0 nitrogen and oxygen atoms in total. The van der Waals surface area contributed by atoms with Gasteiger partial charge in [0.05, 0.1) is 0 Å². The van der Waals surface area contributed by atoms with Crippen LogP contribution in [0.4, 0.5) is 0 Å². The lowest BCUT2D eigenvalue weighted by Crippen LogP contribution is -2.24. The summed E-state index contributed by atoms with van der Waals surface area (Å²) in [5, 5.41) is 1.55. The summed E-state index contributed by atoms with van der Waals surface area (Å²) in [4.78, 5) is 3.00. The Labute approximate surface area is 188 Å². The van der Waals surface area contributed by atoms with Crippen molar-refractivity contribution in [2.24, 2.45) is 0 Å². The van der Waals surface area contributed by atoms with E-state index >= 15 is 0 Å². The van der Waals surface area contributed by atoms with Crippen LogP contribution in [-0.4, -0.2) is 33.5 Å². The fraction of sp³-hybridized carbons (Fsp3) is 0.500. The van der Waals surface area contributed by atoms with Crippen molar-refractivity contribution in [1.29, 1.82) is 0 Å². The third-order valence-electron chi connectivity index (χ3n) is 5.07. The van der Waals surface area contributed by atoms with Crippen molar-refractivity contribution in [1.82, 2.24) is 0 Å². The average Bonchev–Trinajstić information content (AvgIpc) is 2.61. The topological polar surface area (TPSA) is 0 Å². The van der Waals surface area contributed by atoms with E-state index in [1.807, 2.05) is 0 Å². The minimum atomic E-state index is 0.777. The third-order valence-corrected chi connectivity index (χ3v) is 11.7. The highest BCUT2D eigenvalue weighted by Crippen LogP contribution is 2.38. The number of rotatable bonds is 6. The highest BCUT2D eigenvalue weighted by molar-refractivity contribution is 8.09. The smallest absolute Gasteiger partial charge is 0.0232 e. The summed E-state index contributed by atoms with van der Waals surface area (Å²) >= 11 is 8.53. The minimum Gasteiger partial charge on any atom is -0.156 e. The van der Waals surface area contributed by atoms with E-state index in [1.54, 1.807) is 0 Å². The molecule has 2 atom stereocenters. The van der Waals surface area contributed by atoms with Crippen molar-refractivity contribution in [3.8, 4) is 0 Å². The molecule has 28 heavy (non-hydrogen) atoms. The molecule has 2 aromatic carbocycles. The molecular weight excluding hydrogens is 417 g/mol. The normalized spacial score (nSPS) is 19.8. The van der Waals surface area contributed by atoms with Crippen LogP contribution in [0.5, 0.6) is 0 Å². The molecule has 4 heteroatoms. The monoisotopic (exact) mass is 448 g/mol. The Kier molecular flexibility index (Phi) is 8.23. The van der Waals surface area contributed by atoms with Crippen molar-refractivity contribution in [3.63, 3.8) is 0 Å². The molecule has 0 amide bonds. The van der Waals surface area contributed by atoms with Crippen LogP contribution in [0.2, 0.25) is 0 Å². The summed E-state index contributed by atoms with van der Waals surface area (Å²) < 4.78 is 0. The lowest BCUT2D eigenvalue weighted by Gasteiger charge is -2.28. The maximum atomic E-state index is 2.32. The zero-order chi connectivity index (χ0) is 20.3. The molecule has 0 radical (unpaired) electrons. The molecule has 1 aliphatic heterocycles. The molecular formula is C24H32S4. The van der Waals surface area contributed by atoms with Gasteiger partial charge in [0.1, 0.15) is 0 Å². The van der Waals surface area contributed by atoms with Gasteiger partial charge in [0.15, 0.2) is 0 Å². The average molecular weight is 449 g/mol. The number of hydrogen-bond donors (Lipinski definition) is 0. The van der Waals surface area contributed by atoms with Crippen molar-refractivity contribution in [2.75, 3.05) is 23.0 Å². The predicted molar refractivity (Wildman–Crippen MR) is 135 cm³/mol. The van der Waals surface area contributed by atoms with Gasteiger partial charge in [-0.25, -0.2) is 0 Å². The number of hydrogen-bond acceptors (Lipinski definition) is 4. The Bertz CT molecular complexity index is 704. The maximum absolute atomic E-state index is 2.32. The zero-order valence-electron chi connectivity index (χ0n) is 17.9. The van der Waals surface area contributed by atoms with E-state index in [2.05, 4.69) is 113 Å². The van der Waals surface area contributed by atoms with Gasteiger partial charge in [0.25, 0.3) is 0 Å². The van der Waals surface area contributed by atoms with E-state index < -0.39 is 0 Å².